The molecular formula is C15H23N3O3S. The number of carbonyl (C=O) groups is 1. The van der Waals surface area contributed by atoms with E-state index in [0.29, 0.717) is 19.6 Å². The molecule has 1 aromatic carbocycles. The fourth-order valence-electron chi connectivity index (χ4n) is 2.39. The summed E-state index contributed by atoms with van der Waals surface area (Å²) in [7, 11) is -3.56. The third kappa shape index (κ3) is 5.40. The number of nitrogens with one attached hydrogen (secondary N) is 2. The molecule has 0 unspecified atom stereocenters. The molecule has 0 saturated carbocycles. The summed E-state index contributed by atoms with van der Waals surface area (Å²) in [5, 5.41) is 2.70. The summed E-state index contributed by atoms with van der Waals surface area (Å²) >= 11 is 0. The maximum Gasteiger partial charge on any atom is 0.279 e. The van der Waals surface area contributed by atoms with Crippen LogP contribution in [0, 0.1) is 0 Å². The Labute approximate surface area is 132 Å². The molecule has 1 aliphatic heterocycles. The van der Waals surface area contributed by atoms with Crippen LogP contribution in [0.1, 0.15) is 31.2 Å². The van der Waals surface area contributed by atoms with Gasteiger partial charge in [-0.05, 0) is 18.4 Å². The van der Waals surface area contributed by atoms with E-state index in [1.807, 2.05) is 30.3 Å². The van der Waals surface area contributed by atoms with Crippen LogP contribution in [0.25, 0.3) is 0 Å². The summed E-state index contributed by atoms with van der Waals surface area (Å²) in [5.74, 6) is -0.331. The van der Waals surface area contributed by atoms with Gasteiger partial charge in [0.15, 0.2) is 0 Å². The second kappa shape index (κ2) is 8.26. The van der Waals surface area contributed by atoms with Crippen molar-refractivity contribution in [2.75, 3.05) is 19.6 Å². The van der Waals surface area contributed by atoms with Crippen molar-refractivity contribution in [1.29, 1.82) is 0 Å². The molecule has 6 nitrogen and oxygen atoms in total. The summed E-state index contributed by atoms with van der Waals surface area (Å²) in [6, 6.07) is 9.50. The summed E-state index contributed by atoms with van der Waals surface area (Å²) < 4.78 is 28.1. The molecule has 1 fully saturated rings. The van der Waals surface area contributed by atoms with E-state index < -0.39 is 10.2 Å². The molecular weight excluding hydrogens is 302 g/mol. The van der Waals surface area contributed by atoms with E-state index in [1.165, 1.54) is 4.31 Å². The van der Waals surface area contributed by atoms with Crippen molar-refractivity contribution in [1.82, 2.24) is 14.3 Å². The summed E-state index contributed by atoms with van der Waals surface area (Å²) in [4.78, 5) is 11.8. The highest BCUT2D eigenvalue weighted by molar-refractivity contribution is 7.87. The van der Waals surface area contributed by atoms with Crippen LogP contribution in [0.3, 0.4) is 0 Å². The van der Waals surface area contributed by atoms with Crippen molar-refractivity contribution in [2.45, 2.75) is 32.2 Å². The van der Waals surface area contributed by atoms with Gasteiger partial charge < -0.3 is 5.32 Å². The van der Waals surface area contributed by atoms with Gasteiger partial charge in [-0.15, -0.1) is 0 Å². The molecule has 0 aromatic heterocycles. The first-order valence-electron chi connectivity index (χ1n) is 7.63. The first-order valence-corrected chi connectivity index (χ1v) is 9.07. The standard InChI is InChI=1S/C15H23N3O3S/c19-15(16-12-14-8-4-3-5-9-14)13-17-22(20,21)18-10-6-1-2-7-11-18/h3-5,8-9,17H,1-2,6-7,10-13H2,(H,16,19). The number of rotatable bonds is 6. The van der Waals surface area contributed by atoms with Crippen LogP contribution < -0.4 is 10.0 Å². The minimum absolute atomic E-state index is 0.230. The first-order chi connectivity index (χ1) is 10.6. The fraction of sp³-hybridized carbons (Fsp3) is 0.533. The van der Waals surface area contributed by atoms with E-state index in [9.17, 15) is 13.2 Å². The fourth-order valence-corrected chi connectivity index (χ4v) is 3.62. The lowest BCUT2D eigenvalue weighted by Gasteiger charge is -2.20. The van der Waals surface area contributed by atoms with Crippen LogP contribution in [-0.2, 0) is 21.5 Å². The predicted octanol–water partition coefficient (Wildman–Crippen LogP) is 1.01. The molecule has 0 atom stereocenters. The van der Waals surface area contributed by atoms with Gasteiger partial charge in [-0.2, -0.15) is 17.4 Å². The van der Waals surface area contributed by atoms with E-state index in [1.54, 1.807) is 0 Å². The Morgan fingerprint density at radius 1 is 1.05 bits per heavy atom. The molecule has 122 valence electrons. The number of amides is 1. The van der Waals surface area contributed by atoms with E-state index in [0.717, 1.165) is 31.2 Å². The smallest absolute Gasteiger partial charge is 0.279 e. The number of nitrogens with zero attached hydrogens (tertiary/aromatic N) is 1. The minimum Gasteiger partial charge on any atom is -0.351 e. The lowest BCUT2D eigenvalue weighted by Crippen LogP contribution is -2.45. The van der Waals surface area contributed by atoms with E-state index in [-0.39, 0.29) is 12.5 Å². The Hall–Kier alpha value is -1.44. The Morgan fingerprint density at radius 2 is 1.68 bits per heavy atom. The Bertz CT molecular complexity index is 567. The monoisotopic (exact) mass is 325 g/mol. The van der Waals surface area contributed by atoms with E-state index in [2.05, 4.69) is 10.0 Å². The van der Waals surface area contributed by atoms with Crippen LogP contribution >= 0.6 is 0 Å². The second-order valence-corrected chi connectivity index (χ2v) is 7.16. The van der Waals surface area contributed by atoms with Gasteiger partial charge in [0.05, 0.1) is 6.54 Å². The van der Waals surface area contributed by atoms with Crippen molar-refractivity contribution >= 4 is 16.1 Å². The summed E-state index contributed by atoms with van der Waals surface area (Å²) in [5.41, 5.74) is 0.978. The molecule has 1 aliphatic rings. The molecule has 1 amide bonds. The molecule has 0 radical (unpaired) electrons. The molecule has 0 aliphatic carbocycles. The highest BCUT2D eigenvalue weighted by Gasteiger charge is 2.23. The van der Waals surface area contributed by atoms with Crippen LogP contribution in [0.5, 0.6) is 0 Å². The van der Waals surface area contributed by atoms with Crippen LogP contribution in [-0.4, -0.2) is 38.3 Å². The second-order valence-electron chi connectivity index (χ2n) is 5.40. The van der Waals surface area contributed by atoms with Crippen molar-refractivity contribution in [3.8, 4) is 0 Å². The third-order valence-corrected chi connectivity index (χ3v) is 5.21. The van der Waals surface area contributed by atoms with Crippen molar-refractivity contribution in [3.05, 3.63) is 35.9 Å². The zero-order valence-electron chi connectivity index (χ0n) is 12.6. The van der Waals surface area contributed by atoms with Gasteiger partial charge in [-0.1, -0.05) is 43.2 Å². The molecule has 2 rings (SSSR count). The average molecular weight is 325 g/mol. The minimum atomic E-state index is -3.56. The van der Waals surface area contributed by atoms with Gasteiger partial charge in [-0.25, -0.2) is 0 Å². The number of hydrogen-bond acceptors (Lipinski definition) is 3. The Kier molecular flexibility index (Phi) is 6.35. The van der Waals surface area contributed by atoms with Crippen molar-refractivity contribution in [2.24, 2.45) is 0 Å². The normalized spacial score (nSPS) is 16.9. The number of hydrogen-bond donors (Lipinski definition) is 2. The average Bonchev–Trinajstić information content (AvgIpc) is 2.82. The van der Waals surface area contributed by atoms with E-state index in [4.69, 9.17) is 0 Å². The topological polar surface area (TPSA) is 78.5 Å². The SMILES string of the molecule is O=C(CNS(=O)(=O)N1CCCCCC1)NCc1ccccc1. The number of benzene rings is 1. The molecule has 0 bridgehead atoms. The maximum absolute atomic E-state index is 12.2. The molecule has 7 heteroatoms. The molecule has 1 heterocycles. The zero-order chi connectivity index (χ0) is 15.8. The van der Waals surface area contributed by atoms with Crippen molar-refractivity contribution < 1.29 is 13.2 Å². The molecule has 1 saturated heterocycles. The molecule has 2 N–H and O–H groups in total. The van der Waals surface area contributed by atoms with Crippen molar-refractivity contribution in [3.63, 3.8) is 0 Å². The zero-order valence-corrected chi connectivity index (χ0v) is 13.4. The van der Waals surface area contributed by atoms with E-state index >= 15 is 0 Å². The Morgan fingerprint density at radius 3 is 2.32 bits per heavy atom. The van der Waals surface area contributed by atoms with Gasteiger partial charge in [0, 0.05) is 19.6 Å². The van der Waals surface area contributed by atoms with Gasteiger partial charge in [0.2, 0.25) is 5.91 Å². The molecule has 0 spiro atoms. The quantitative estimate of drug-likeness (QED) is 0.819. The summed E-state index contributed by atoms with van der Waals surface area (Å²) in [6.07, 6.45) is 3.87. The maximum atomic E-state index is 12.2. The lowest BCUT2D eigenvalue weighted by molar-refractivity contribution is -0.120. The van der Waals surface area contributed by atoms with Gasteiger partial charge in [0.1, 0.15) is 0 Å². The Balaban J connectivity index is 1.77. The molecule has 22 heavy (non-hydrogen) atoms. The van der Waals surface area contributed by atoms with Crippen LogP contribution in [0.15, 0.2) is 30.3 Å². The highest BCUT2D eigenvalue weighted by Crippen LogP contribution is 2.12. The third-order valence-electron chi connectivity index (χ3n) is 3.65. The van der Waals surface area contributed by atoms with Gasteiger partial charge in [-0.3, -0.25) is 4.79 Å². The van der Waals surface area contributed by atoms with Crippen LogP contribution in [0.4, 0.5) is 0 Å². The van der Waals surface area contributed by atoms with Gasteiger partial charge >= 0.3 is 0 Å². The predicted molar refractivity (Wildman–Crippen MR) is 85.3 cm³/mol. The number of carbonyl (C=O) groups excluding carboxylic acids is 1. The molecule has 1 aromatic rings. The first kappa shape index (κ1) is 16.9. The largest absolute Gasteiger partial charge is 0.351 e. The summed E-state index contributed by atoms with van der Waals surface area (Å²) in [6.45, 7) is 1.22. The van der Waals surface area contributed by atoms with Gasteiger partial charge in [0.25, 0.3) is 10.2 Å². The highest BCUT2D eigenvalue weighted by atomic mass is 32.2. The van der Waals surface area contributed by atoms with Crippen LogP contribution in [0.2, 0.25) is 0 Å². The lowest BCUT2D eigenvalue weighted by atomic mass is 10.2.